The minimum Gasteiger partial charge on any atom is -0.481 e. The van der Waals surface area contributed by atoms with Crippen LogP contribution in [0, 0.1) is 41.0 Å². The van der Waals surface area contributed by atoms with E-state index in [1.807, 2.05) is 0 Å². The highest BCUT2D eigenvalue weighted by molar-refractivity contribution is 5.96. The molecule has 6 N–H and O–H groups in total. The summed E-state index contributed by atoms with van der Waals surface area (Å²) in [6.45, 7) is 5.98. The van der Waals surface area contributed by atoms with Crippen molar-refractivity contribution in [3.8, 4) is 0 Å². The van der Waals surface area contributed by atoms with Crippen molar-refractivity contribution in [2.75, 3.05) is 45.9 Å². The second-order valence-corrected chi connectivity index (χ2v) is 30.3. The fraction of sp³-hybridized carbons (Fsp3) is 0.447. The van der Waals surface area contributed by atoms with Crippen LogP contribution >= 0.6 is 0 Å². The lowest BCUT2D eigenvalue weighted by atomic mass is 9.90. The van der Waals surface area contributed by atoms with Gasteiger partial charge in [0, 0.05) is 93.1 Å². The van der Waals surface area contributed by atoms with Crippen LogP contribution in [0.15, 0.2) is 92.0 Å². The lowest BCUT2D eigenvalue weighted by Crippen LogP contribution is -2.41. The van der Waals surface area contributed by atoms with Gasteiger partial charge in [0.25, 0.3) is 40.0 Å². The van der Waals surface area contributed by atoms with E-state index >= 15 is 0 Å². The Balaban J connectivity index is 0.000000142. The zero-order valence-electron chi connectivity index (χ0n) is 63.9. The molecule has 8 aromatic rings. The molecule has 0 atom stereocenters. The first kappa shape index (κ1) is 82.1. The molecule has 7 aliphatic rings. The summed E-state index contributed by atoms with van der Waals surface area (Å²) in [5.74, 6) is -6.52. The Morgan fingerprint density at radius 1 is 0.386 bits per heavy atom. The number of carboxylic acid groups (broad SMARTS) is 2. The number of esters is 1. The van der Waals surface area contributed by atoms with Crippen molar-refractivity contribution in [2.45, 2.75) is 181 Å². The summed E-state index contributed by atoms with van der Waals surface area (Å²) in [5, 5.41) is 45.1. The van der Waals surface area contributed by atoms with Gasteiger partial charge in [-0.05, 0) is 248 Å². The molecule has 3 amide bonds. The number of H-pyrrole nitrogens is 4. The molecule has 7 heterocycles. The lowest BCUT2D eigenvalue weighted by molar-refractivity contribution is -0.149. The number of hydrogen-bond acceptors (Lipinski definition) is 16. The molecule has 3 aliphatic heterocycles. The van der Waals surface area contributed by atoms with E-state index in [4.69, 9.17) is 14.9 Å². The van der Waals surface area contributed by atoms with Crippen LogP contribution in [0.2, 0.25) is 0 Å². The van der Waals surface area contributed by atoms with Crippen LogP contribution in [0.5, 0.6) is 0 Å². The smallest absolute Gasteiger partial charge is 0.338 e. The van der Waals surface area contributed by atoms with E-state index < -0.39 is 47.0 Å². The average molecular weight is 1570 g/mol. The number of nitrogens with zero attached hydrogens (tertiary/aromatic N) is 7. The van der Waals surface area contributed by atoms with Gasteiger partial charge in [-0.1, -0.05) is 24.3 Å². The summed E-state index contributed by atoms with van der Waals surface area (Å²) in [5.41, 5.74) is 12.2. The predicted octanol–water partition coefficient (Wildman–Crippen LogP) is 10.0. The minimum atomic E-state index is -1.30. The molecule has 15 rings (SSSR count). The standard InChI is InChI=1S/C24H28FN3O4.C23H26FN3O3.C22H24FN3O4.C16H15FN2O3/c1-2-32-24(31)16-9-11-28(12-10-16)23(30)19-13-15(7-8-20(19)25)14-21-17-5-3-4-6-18(17)22(29)27-26-21;1-14(28)16-8-10-27(11-9-16)23(30)19-12-15(6-7-20(19)24)13-21-17-4-2-3-5-18(17)22(29)26-25-21;23-18-6-5-13(12-19-15-3-1-2-4-16(15)20(27)25-24-19)11-17(18)21(28)26-9-7-14(8-10-26)22(29)30;17-13-6-5-9(7-12(13)16(21)22)8-14-10-3-1-2-4-11(10)15(20)19-18-14/h7-8,13,16H,2-6,9-12,14H2,1H3,(H,27,29);6-7,12,16H,2-5,8-11,13H2,1H3,(H,26,29);5-6,11,14H,1-4,7-10,12H2,(H,25,27)(H,29,30);5-7H,1-4,8H2,(H,19,20)(H,21,22). The summed E-state index contributed by atoms with van der Waals surface area (Å²) in [6.07, 6.45) is 18.8. The number of fused-ring (bicyclic) bond motifs is 4. The number of carboxylic acids is 2. The number of amides is 3. The largest absolute Gasteiger partial charge is 0.481 e. The molecule has 0 spiro atoms. The number of aromatic nitrogens is 8. The van der Waals surface area contributed by atoms with Crippen molar-refractivity contribution in [1.82, 2.24) is 55.5 Å². The maximum Gasteiger partial charge on any atom is 0.338 e. The van der Waals surface area contributed by atoms with E-state index in [1.54, 1.807) is 66.1 Å². The topological polar surface area (TPSA) is 362 Å². The summed E-state index contributed by atoms with van der Waals surface area (Å²) >= 11 is 0. The molecular weight excluding hydrogens is 1470 g/mol. The number of hydrogen-bond donors (Lipinski definition) is 6. The van der Waals surface area contributed by atoms with E-state index in [1.165, 1.54) is 29.2 Å². The molecule has 4 aromatic heterocycles. The second kappa shape index (κ2) is 37.5. The fourth-order valence-electron chi connectivity index (χ4n) is 16.6. The number of benzene rings is 4. The number of rotatable bonds is 16. The molecule has 600 valence electrons. The molecule has 3 fully saturated rings. The van der Waals surface area contributed by atoms with Gasteiger partial charge in [0.05, 0.1) is 63.5 Å². The number of Topliss-reactive ketones (excluding diaryl/α,β-unsaturated/α-hetero) is 1. The van der Waals surface area contributed by atoms with Gasteiger partial charge in [-0.2, -0.15) is 20.4 Å². The van der Waals surface area contributed by atoms with Gasteiger partial charge < -0.3 is 29.6 Å². The van der Waals surface area contributed by atoms with E-state index in [-0.39, 0.29) is 79.9 Å². The number of carbonyl (C=O) groups excluding carboxylic acids is 5. The second-order valence-electron chi connectivity index (χ2n) is 30.3. The van der Waals surface area contributed by atoms with Crippen molar-refractivity contribution < 1.29 is 66.1 Å². The SMILES string of the molecule is CC(=O)C1CCN(C(=O)c2cc(Cc3n[nH]c(=O)c4c3CCCC4)ccc2F)CC1.CCOC(=O)C1CCN(C(=O)c2cc(Cc3n[nH]c(=O)c4c3CCCC4)ccc2F)CC1.O=C(O)C1CCN(C(=O)c2cc(Cc3n[nH]c(=O)c4c3CCCC4)ccc2F)CC1.O=C(O)c1cc(Cc2n[nH]c(=O)c3c2CCCC3)ccc1F. The number of halogens is 4. The van der Waals surface area contributed by atoms with Crippen molar-refractivity contribution in [2.24, 2.45) is 17.8 Å². The molecule has 4 aliphatic carbocycles. The number of ether oxygens (including phenoxy) is 1. The van der Waals surface area contributed by atoms with Crippen LogP contribution in [-0.2, 0) is 96.2 Å². The Morgan fingerprint density at radius 2 is 0.640 bits per heavy atom. The van der Waals surface area contributed by atoms with E-state index in [0.717, 1.165) is 193 Å². The molecule has 25 nitrogen and oxygen atoms in total. The summed E-state index contributed by atoms with van der Waals surface area (Å²) in [7, 11) is 0. The molecule has 0 saturated carbocycles. The van der Waals surface area contributed by atoms with Gasteiger partial charge in [-0.3, -0.25) is 47.9 Å². The van der Waals surface area contributed by atoms with Crippen molar-refractivity contribution >= 4 is 41.4 Å². The molecule has 29 heteroatoms. The van der Waals surface area contributed by atoms with Crippen LogP contribution in [0.1, 0.15) is 235 Å². The van der Waals surface area contributed by atoms with Gasteiger partial charge in [0.2, 0.25) is 0 Å². The average Bonchev–Trinajstić information content (AvgIpc) is 0.821. The Morgan fingerprint density at radius 3 is 0.904 bits per heavy atom. The minimum absolute atomic E-state index is 0.0114. The number of ketones is 1. The Labute approximate surface area is 653 Å². The monoisotopic (exact) mass is 1570 g/mol. The Bertz CT molecular complexity index is 5060. The number of aliphatic carboxylic acids is 1. The molecule has 0 unspecified atom stereocenters. The number of carbonyl (C=O) groups is 7. The van der Waals surface area contributed by atoms with Crippen molar-refractivity contribution in [3.05, 3.63) is 249 Å². The Hall–Kier alpha value is -11.4. The summed E-state index contributed by atoms with van der Waals surface area (Å²) < 4.78 is 62.0. The third-order valence-electron chi connectivity index (χ3n) is 23.0. The maximum atomic E-state index is 14.6. The van der Waals surface area contributed by atoms with Gasteiger partial charge in [0.1, 0.15) is 29.1 Å². The van der Waals surface area contributed by atoms with Gasteiger partial charge in [0.15, 0.2) is 0 Å². The Kier molecular flexibility index (Phi) is 27.0. The van der Waals surface area contributed by atoms with Crippen molar-refractivity contribution in [1.29, 1.82) is 0 Å². The van der Waals surface area contributed by atoms with Crippen molar-refractivity contribution in [3.63, 3.8) is 0 Å². The fourth-order valence-corrected chi connectivity index (χ4v) is 16.6. The zero-order chi connectivity index (χ0) is 80.9. The van der Waals surface area contributed by atoms with Gasteiger partial charge in [-0.25, -0.2) is 42.8 Å². The van der Waals surface area contributed by atoms with Gasteiger partial charge in [-0.15, -0.1) is 0 Å². The van der Waals surface area contributed by atoms with Crippen LogP contribution < -0.4 is 22.2 Å². The van der Waals surface area contributed by atoms with Gasteiger partial charge >= 0.3 is 17.9 Å². The van der Waals surface area contributed by atoms with Crippen LogP contribution in [0.4, 0.5) is 17.6 Å². The number of nitrogens with one attached hydrogen (secondary N) is 4. The number of piperidine rings is 3. The quantitative estimate of drug-likeness (QED) is 0.0387. The third kappa shape index (κ3) is 19.6. The highest BCUT2D eigenvalue weighted by atomic mass is 19.1. The molecule has 0 bridgehead atoms. The highest BCUT2D eigenvalue weighted by Crippen LogP contribution is 2.31. The zero-order valence-corrected chi connectivity index (χ0v) is 63.9. The first-order valence-corrected chi connectivity index (χ1v) is 39.4. The molecule has 4 aromatic carbocycles. The number of likely N-dealkylation sites (tertiary alicyclic amines) is 3. The summed E-state index contributed by atoms with van der Waals surface area (Å²) in [6, 6.07) is 17.6. The third-order valence-corrected chi connectivity index (χ3v) is 23.0. The van der Waals surface area contributed by atoms with Crippen LogP contribution in [-0.4, -0.2) is 153 Å². The van der Waals surface area contributed by atoms with E-state index in [2.05, 4.69) is 40.8 Å². The van der Waals surface area contributed by atoms with Crippen LogP contribution in [0.3, 0.4) is 0 Å². The molecule has 114 heavy (non-hydrogen) atoms. The highest BCUT2D eigenvalue weighted by Gasteiger charge is 2.34. The maximum absolute atomic E-state index is 14.6. The predicted molar refractivity (Wildman–Crippen MR) is 411 cm³/mol. The number of aromatic carboxylic acids is 1. The van der Waals surface area contributed by atoms with E-state index in [0.29, 0.717) is 116 Å². The van der Waals surface area contributed by atoms with E-state index in [9.17, 15) is 70.3 Å². The first-order chi connectivity index (χ1) is 54.9. The molecular formula is C85H93F4N11O14. The van der Waals surface area contributed by atoms with Crippen LogP contribution in [0.25, 0.3) is 0 Å². The first-order valence-electron chi connectivity index (χ1n) is 39.4. The normalized spacial score (nSPS) is 16.2. The molecule has 3 saturated heterocycles. The molecule has 0 radical (unpaired) electrons. The lowest BCUT2D eigenvalue weighted by Gasteiger charge is -2.31. The number of aromatic amines is 4. The summed E-state index contributed by atoms with van der Waals surface area (Å²) in [4.78, 5) is 137.